The van der Waals surface area contributed by atoms with Crippen molar-refractivity contribution in [2.45, 2.75) is 51.3 Å². The number of phenolic OH excluding ortho intramolecular Hbond substituents is 1. The Hall–Kier alpha value is -3.17. The van der Waals surface area contributed by atoms with Gasteiger partial charge >= 0.3 is 0 Å². The monoisotopic (exact) mass is 442 g/mol. The van der Waals surface area contributed by atoms with Crippen LogP contribution in [0.1, 0.15) is 48.2 Å². The average Bonchev–Trinajstić information content (AvgIpc) is 2.69. The lowest BCUT2D eigenvalue weighted by molar-refractivity contribution is -0.144. The van der Waals surface area contributed by atoms with E-state index in [0.29, 0.717) is 18.5 Å². The molecule has 1 amide bonds. The number of primary amides is 1. The van der Waals surface area contributed by atoms with Gasteiger partial charge in [0.2, 0.25) is 5.78 Å². The van der Waals surface area contributed by atoms with Gasteiger partial charge in [-0.2, -0.15) is 0 Å². The maximum atomic E-state index is 13.4. The minimum absolute atomic E-state index is 0.0321. The number of benzene rings is 1. The van der Waals surface area contributed by atoms with E-state index in [-0.39, 0.29) is 35.8 Å². The quantitative estimate of drug-likeness (QED) is 0.376. The zero-order chi connectivity index (χ0) is 23.5. The predicted molar refractivity (Wildman–Crippen MR) is 113 cm³/mol. The predicted octanol–water partition coefficient (Wildman–Crippen LogP) is 1.08. The number of phenols is 1. The summed E-state index contributed by atoms with van der Waals surface area (Å²) >= 11 is 0. The molecule has 0 spiro atoms. The molecule has 3 aliphatic rings. The Bertz CT molecular complexity index is 1120. The zero-order valence-corrected chi connectivity index (χ0v) is 17.8. The molecule has 3 aliphatic carbocycles. The van der Waals surface area contributed by atoms with Crippen molar-refractivity contribution in [1.29, 1.82) is 0 Å². The summed E-state index contributed by atoms with van der Waals surface area (Å²) in [6.07, 6.45) is 0.185. The van der Waals surface area contributed by atoms with Gasteiger partial charge in [-0.15, -0.1) is 0 Å². The van der Waals surface area contributed by atoms with Crippen molar-refractivity contribution >= 4 is 17.5 Å². The standard InChI is InChI=1S/C23H26N2O7/c1-9(2)25-8-10-3-4-14(26)17-13(10)6-11-5-12-7-15(27)18(22(24)31)21(30)23(12,32)20(29)16(11)19(17)28/h3-4,9,11-12,25-27,29,32H,5-8H2,1-2H3,(H2,24,31)/t11-,12+,23+/m1/s1. The molecule has 4 rings (SSSR count). The van der Waals surface area contributed by atoms with Crippen LogP contribution in [0, 0.1) is 11.8 Å². The second-order valence-corrected chi connectivity index (χ2v) is 9.04. The van der Waals surface area contributed by atoms with Gasteiger partial charge in [0.15, 0.2) is 11.4 Å². The number of carbonyl (C=O) groups is 3. The molecule has 0 bridgehead atoms. The fraction of sp³-hybridized carbons (Fsp3) is 0.435. The number of ketones is 2. The Kier molecular flexibility index (Phi) is 5.14. The Labute approximate surface area is 184 Å². The lowest BCUT2D eigenvalue weighted by Gasteiger charge is -2.45. The Morgan fingerprint density at radius 3 is 2.53 bits per heavy atom. The number of aliphatic hydroxyl groups is 3. The Balaban J connectivity index is 1.84. The normalized spacial score (nSPS) is 27.4. The third-order valence-electron chi connectivity index (χ3n) is 6.74. The third kappa shape index (κ3) is 3.03. The van der Waals surface area contributed by atoms with Crippen LogP contribution < -0.4 is 11.1 Å². The summed E-state index contributed by atoms with van der Waals surface area (Å²) in [4.78, 5) is 38.0. The summed E-state index contributed by atoms with van der Waals surface area (Å²) in [5.41, 5.74) is 3.23. The molecule has 32 heavy (non-hydrogen) atoms. The van der Waals surface area contributed by atoms with Crippen LogP contribution in [0.5, 0.6) is 5.75 Å². The molecule has 1 aromatic carbocycles. The molecule has 0 fully saturated rings. The molecular formula is C23H26N2O7. The van der Waals surface area contributed by atoms with Crippen molar-refractivity contribution in [1.82, 2.24) is 5.32 Å². The molecule has 0 unspecified atom stereocenters. The van der Waals surface area contributed by atoms with Gasteiger partial charge in [-0.3, -0.25) is 14.4 Å². The molecule has 0 radical (unpaired) electrons. The van der Waals surface area contributed by atoms with Gasteiger partial charge in [-0.1, -0.05) is 19.9 Å². The third-order valence-corrected chi connectivity index (χ3v) is 6.74. The molecule has 0 heterocycles. The molecule has 7 N–H and O–H groups in total. The summed E-state index contributed by atoms with van der Waals surface area (Å²) in [6.45, 7) is 4.45. The number of rotatable bonds is 4. The lowest BCUT2D eigenvalue weighted by atomic mass is 9.60. The molecule has 0 aromatic heterocycles. The smallest absolute Gasteiger partial charge is 0.255 e. The van der Waals surface area contributed by atoms with Crippen LogP contribution in [0.3, 0.4) is 0 Å². The number of nitrogens with one attached hydrogen (secondary N) is 1. The maximum absolute atomic E-state index is 13.4. The highest BCUT2D eigenvalue weighted by atomic mass is 16.3. The van der Waals surface area contributed by atoms with Gasteiger partial charge in [-0.05, 0) is 36.0 Å². The van der Waals surface area contributed by atoms with Gasteiger partial charge in [0, 0.05) is 30.5 Å². The van der Waals surface area contributed by atoms with E-state index in [1.807, 2.05) is 13.8 Å². The van der Waals surface area contributed by atoms with Crippen LogP contribution in [-0.2, 0) is 22.6 Å². The SMILES string of the molecule is CC(C)NCc1ccc(O)c2c1C[C@H]1C[C@H]3CC(O)=C(C(N)=O)C(=O)[C@@]3(O)C(O)=C1C2=O. The molecule has 0 saturated heterocycles. The molecule has 1 aromatic rings. The van der Waals surface area contributed by atoms with Gasteiger partial charge in [-0.25, -0.2) is 0 Å². The minimum Gasteiger partial charge on any atom is -0.511 e. The van der Waals surface area contributed by atoms with Crippen molar-refractivity contribution in [3.05, 3.63) is 51.5 Å². The van der Waals surface area contributed by atoms with Crippen molar-refractivity contribution in [2.24, 2.45) is 17.6 Å². The average molecular weight is 442 g/mol. The first-order chi connectivity index (χ1) is 15.0. The van der Waals surface area contributed by atoms with E-state index in [2.05, 4.69) is 5.32 Å². The number of hydrogen-bond donors (Lipinski definition) is 6. The largest absolute Gasteiger partial charge is 0.511 e. The van der Waals surface area contributed by atoms with Crippen LogP contribution in [0.2, 0.25) is 0 Å². The number of carbonyl (C=O) groups excluding carboxylic acids is 3. The molecule has 9 heteroatoms. The summed E-state index contributed by atoms with van der Waals surface area (Å²) in [5, 5.41) is 46.1. The first kappa shape index (κ1) is 22.0. The lowest BCUT2D eigenvalue weighted by Crippen LogP contribution is -2.57. The topological polar surface area (TPSA) is 170 Å². The number of nitrogens with two attached hydrogens (primary N) is 1. The van der Waals surface area contributed by atoms with Crippen LogP contribution in [0.15, 0.2) is 34.8 Å². The van der Waals surface area contributed by atoms with E-state index in [1.54, 1.807) is 6.07 Å². The Morgan fingerprint density at radius 1 is 1.22 bits per heavy atom. The van der Waals surface area contributed by atoms with Crippen LogP contribution >= 0.6 is 0 Å². The first-order valence-electron chi connectivity index (χ1n) is 10.5. The van der Waals surface area contributed by atoms with E-state index < -0.39 is 52.0 Å². The van der Waals surface area contributed by atoms with E-state index in [1.165, 1.54) is 6.07 Å². The van der Waals surface area contributed by atoms with Gasteiger partial charge < -0.3 is 31.5 Å². The number of amides is 1. The van der Waals surface area contributed by atoms with Crippen LogP contribution in [0.25, 0.3) is 0 Å². The number of fused-ring (bicyclic) bond motifs is 3. The second kappa shape index (κ2) is 7.46. The number of hydrogen-bond acceptors (Lipinski definition) is 8. The summed E-state index contributed by atoms with van der Waals surface area (Å²) in [5.74, 6) is -6.20. The Morgan fingerprint density at radius 2 is 1.91 bits per heavy atom. The maximum Gasteiger partial charge on any atom is 0.255 e. The minimum atomic E-state index is -2.54. The zero-order valence-electron chi connectivity index (χ0n) is 17.8. The second-order valence-electron chi connectivity index (χ2n) is 9.04. The van der Waals surface area contributed by atoms with Crippen molar-refractivity contribution in [2.75, 3.05) is 0 Å². The molecular weight excluding hydrogens is 416 g/mol. The van der Waals surface area contributed by atoms with Crippen LogP contribution in [0.4, 0.5) is 0 Å². The van der Waals surface area contributed by atoms with E-state index in [9.17, 15) is 34.8 Å². The summed E-state index contributed by atoms with van der Waals surface area (Å²) < 4.78 is 0. The molecule has 0 aliphatic heterocycles. The van der Waals surface area contributed by atoms with E-state index >= 15 is 0 Å². The molecule has 0 saturated carbocycles. The van der Waals surface area contributed by atoms with Crippen molar-refractivity contribution in [3.8, 4) is 5.75 Å². The van der Waals surface area contributed by atoms with Crippen LogP contribution in [-0.4, -0.2) is 49.5 Å². The first-order valence-corrected chi connectivity index (χ1v) is 10.5. The highest BCUT2D eigenvalue weighted by Gasteiger charge is 2.59. The van der Waals surface area contributed by atoms with Gasteiger partial charge in [0.1, 0.15) is 22.8 Å². The summed E-state index contributed by atoms with van der Waals surface area (Å²) in [7, 11) is 0. The molecule has 170 valence electrons. The van der Waals surface area contributed by atoms with Gasteiger partial charge in [0.05, 0.1) is 5.56 Å². The fourth-order valence-corrected chi connectivity index (χ4v) is 5.16. The molecule has 9 nitrogen and oxygen atoms in total. The molecule has 3 atom stereocenters. The summed E-state index contributed by atoms with van der Waals surface area (Å²) in [6, 6.07) is 3.34. The van der Waals surface area contributed by atoms with Gasteiger partial charge in [0.25, 0.3) is 5.91 Å². The van der Waals surface area contributed by atoms with E-state index in [0.717, 1.165) is 5.56 Å². The highest BCUT2D eigenvalue weighted by Crippen LogP contribution is 2.51. The van der Waals surface area contributed by atoms with Crippen molar-refractivity contribution in [3.63, 3.8) is 0 Å². The highest BCUT2D eigenvalue weighted by molar-refractivity contribution is 6.24. The van der Waals surface area contributed by atoms with E-state index in [4.69, 9.17) is 5.73 Å². The number of allylic oxidation sites excluding steroid dienone is 2. The number of aliphatic hydroxyl groups excluding tert-OH is 2. The number of aromatic hydroxyl groups is 1. The number of Topliss-reactive ketones (excluding diaryl/α,β-unsaturated/α-hetero) is 2. The van der Waals surface area contributed by atoms with Crippen molar-refractivity contribution < 1.29 is 34.8 Å². The fourth-order valence-electron chi connectivity index (χ4n) is 5.16.